The van der Waals surface area contributed by atoms with Crippen molar-refractivity contribution in [3.8, 4) is 0 Å². The summed E-state index contributed by atoms with van der Waals surface area (Å²) < 4.78 is 10.9. The van der Waals surface area contributed by atoms with Crippen LogP contribution in [0.2, 0.25) is 0 Å². The maximum Gasteiger partial charge on any atom is 0.318 e. The molecule has 1 unspecified atom stereocenters. The van der Waals surface area contributed by atoms with E-state index < -0.39 is 11.1 Å². The van der Waals surface area contributed by atoms with Crippen LogP contribution in [0.3, 0.4) is 0 Å². The van der Waals surface area contributed by atoms with Crippen molar-refractivity contribution < 1.29 is 19.5 Å². The van der Waals surface area contributed by atoms with Crippen molar-refractivity contribution in [1.29, 1.82) is 0 Å². The van der Waals surface area contributed by atoms with Crippen LogP contribution < -0.4 is 0 Å². The minimum Gasteiger partial charge on any atom is -0.462 e. The zero-order valence-corrected chi connectivity index (χ0v) is 15.8. The molecule has 1 fully saturated rings. The maximum atomic E-state index is 12.2. The molecule has 0 bridgehead atoms. The molecule has 0 aliphatic carbocycles. The van der Waals surface area contributed by atoms with Crippen LogP contribution in [0.25, 0.3) is 0 Å². The quantitative estimate of drug-likeness (QED) is 0.291. The van der Waals surface area contributed by atoms with E-state index in [1.807, 2.05) is 34.6 Å². The first-order chi connectivity index (χ1) is 9.60. The van der Waals surface area contributed by atoms with Gasteiger partial charge in [-0.15, -0.1) is 10.3 Å². The second-order valence-corrected chi connectivity index (χ2v) is 8.37. The fourth-order valence-corrected chi connectivity index (χ4v) is 3.08. The molecule has 0 aromatic rings. The molecule has 1 saturated heterocycles. The van der Waals surface area contributed by atoms with Crippen molar-refractivity contribution in [2.24, 2.45) is 0 Å². The molecular weight excluding hydrogens is 385 g/mol. The van der Waals surface area contributed by atoms with Crippen LogP contribution in [-0.2, 0) is 19.5 Å². The van der Waals surface area contributed by atoms with Gasteiger partial charge in [-0.25, -0.2) is 0 Å². The number of carbonyl (C=O) groups excluding carboxylic acids is 1. The van der Waals surface area contributed by atoms with Gasteiger partial charge in [-0.05, 0) is 47.0 Å². The number of halogens is 1. The van der Waals surface area contributed by atoms with E-state index in [1.54, 1.807) is 0 Å². The average Bonchev–Trinajstić information content (AvgIpc) is 2.39. The molecule has 123 valence electrons. The lowest BCUT2D eigenvalue weighted by Crippen LogP contribution is -2.59. The third kappa shape index (κ3) is 5.33. The van der Waals surface area contributed by atoms with Crippen LogP contribution in [0, 0.1) is 0 Å². The summed E-state index contributed by atoms with van der Waals surface area (Å²) in [6.45, 7) is 10.4. The van der Waals surface area contributed by atoms with Gasteiger partial charge in [-0.1, -0.05) is 29.5 Å². The first kappa shape index (κ1) is 19.1. The first-order valence-electron chi connectivity index (χ1n) is 7.50. The molecule has 0 spiro atoms. The minimum atomic E-state index is -0.432. The van der Waals surface area contributed by atoms with Crippen LogP contribution in [0.15, 0.2) is 0 Å². The molecule has 1 radical (unpaired) electrons. The minimum absolute atomic E-state index is 0.0282. The van der Waals surface area contributed by atoms with E-state index in [0.717, 1.165) is 6.42 Å². The molecule has 0 aromatic carbocycles. The summed E-state index contributed by atoms with van der Waals surface area (Å²) in [5.41, 5.74) is -0.864. The highest BCUT2D eigenvalue weighted by molar-refractivity contribution is 14.1. The van der Waals surface area contributed by atoms with Crippen molar-refractivity contribution >= 4 is 28.6 Å². The van der Waals surface area contributed by atoms with Crippen molar-refractivity contribution in [2.75, 3.05) is 13.2 Å². The molecule has 1 aliphatic rings. The molecule has 1 atom stereocenters. The van der Waals surface area contributed by atoms with Crippen LogP contribution in [0.1, 0.15) is 53.9 Å². The molecule has 21 heavy (non-hydrogen) atoms. The van der Waals surface area contributed by atoms with Crippen molar-refractivity contribution in [1.82, 2.24) is 5.06 Å². The smallest absolute Gasteiger partial charge is 0.318 e. The average molecular weight is 412 g/mol. The van der Waals surface area contributed by atoms with Crippen molar-refractivity contribution in [2.45, 2.75) is 75.0 Å². The van der Waals surface area contributed by atoms with Gasteiger partial charge in [0.25, 0.3) is 0 Å². The number of hydrogen-bond acceptors (Lipinski definition) is 4. The van der Waals surface area contributed by atoms with Crippen molar-refractivity contribution in [3.05, 3.63) is 0 Å². The lowest BCUT2D eigenvalue weighted by Gasteiger charge is -2.49. The number of carbonyl (C=O) groups is 1. The Morgan fingerprint density at radius 2 is 1.76 bits per heavy atom. The highest BCUT2D eigenvalue weighted by Gasteiger charge is 2.46. The predicted molar refractivity (Wildman–Crippen MR) is 88.7 cm³/mol. The molecule has 6 heteroatoms. The molecule has 1 aliphatic heterocycles. The number of hydrogen-bond donors (Lipinski definition) is 0. The topological polar surface area (TPSA) is 58.7 Å². The SMILES string of the molecule is CCC(I)C(=O)OCCOC1CC(C)(C)N([O])C(C)(C)C1. The Labute approximate surface area is 141 Å². The Hall–Kier alpha value is 0.0800. The largest absolute Gasteiger partial charge is 0.462 e. The molecule has 0 aromatic heterocycles. The number of piperidine rings is 1. The molecule has 1 heterocycles. The van der Waals surface area contributed by atoms with E-state index in [0.29, 0.717) is 19.4 Å². The summed E-state index contributed by atoms with van der Waals surface area (Å²) >= 11 is 2.08. The number of nitrogens with zero attached hydrogens (tertiary/aromatic N) is 1. The van der Waals surface area contributed by atoms with Crippen LogP contribution in [0.4, 0.5) is 0 Å². The van der Waals surface area contributed by atoms with Gasteiger partial charge < -0.3 is 9.47 Å². The van der Waals surface area contributed by atoms with Gasteiger partial charge >= 0.3 is 5.97 Å². The lowest BCUT2D eigenvalue weighted by molar-refractivity contribution is -0.301. The predicted octanol–water partition coefficient (Wildman–Crippen LogP) is 3.13. The van der Waals surface area contributed by atoms with Gasteiger partial charge in [0, 0.05) is 11.1 Å². The van der Waals surface area contributed by atoms with E-state index in [4.69, 9.17) is 9.47 Å². The van der Waals surface area contributed by atoms with E-state index in [-0.39, 0.29) is 22.6 Å². The Morgan fingerprint density at radius 3 is 2.24 bits per heavy atom. The third-order valence-corrected chi connectivity index (χ3v) is 5.24. The van der Waals surface area contributed by atoms with Gasteiger partial charge in [0.15, 0.2) is 0 Å². The molecule has 0 N–H and O–H groups in total. The monoisotopic (exact) mass is 412 g/mol. The highest BCUT2D eigenvalue weighted by atomic mass is 127. The van der Waals surface area contributed by atoms with Gasteiger partial charge in [0.05, 0.1) is 12.7 Å². The van der Waals surface area contributed by atoms with E-state index in [1.165, 1.54) is 5.06 Å². The number of hydroxylamine groups is 2. The summed E-state index contributed by atoms with van der Waals surface area (Å²) in [4.78, 5) is 11.5. The molecule has 5 nitrogen and oxygen atoms in total. The Balaban J connectivity index is 2.38. The second-order valence-electron chi connectivity index (χ2n) is 6.86. The van der Waals surface area contributed by atoms with Gasteiger partial charge in [-0.2, -0.15) is 0 Å². The second kappa shape index (κ2) is 7.57. The van der Waals surface area contributed by atoms with Crippen LogP contribution in [0.5, 0.6) is 0 Å². The Bertz CT molecular complexity index is 342. The number of ether oxygens (including phenoxy) is 2. The third-order valence-electron chi connectivity index (χ3n) is 3.85. The number of rotatable bonds is 6. The molecule has 0 amide bonds. The highest BCUT2D eigenvalue weighted by Crippen LogP contribution is 2.38. The molecule has 0 saturated carbocycles. The normalized spacial score (nSPS) is 23.8. The number of esters is 1. The molecular formula is C15H27INO4. The summed E-state index contributed by atoms with van der Waals surface area (Å²) in [5, 5.41) is 13.4. The van der Waals surface area contributed by atoms with Gasteiger partial charge in [-0.3, -0.25) is 4.79 Å². The standard InChI is InChI=1S/C15H27INO4/c1-6-12(16)13(18)21-8-7-20-11-9-14(2,3)17(19)15(4,5)10-11/h11-12H,6-10H2,1-5H3. The van der Waals surface area contributed by atoms with Crippen LogP contribution in [-0.4, -0.2) is 45.4 Å². The van der Waals surface area contributed by atoms with Crippen molar-refractivity contribution in [3.63, 3.8) is 0 Å². The molecule has 1 rings (SSSR count). The van der Waals surface area contributed by atoms with E-state index in [2.05, 4.69) is 22.6 Å². The van der Waals surface area contributed by atoms with Crippen LogP contribution >= 0.6 is 22.6 Å². The van der Waals surface area contributed by atoms with Gasteiger partial charge in [0.1, 0.15) is 10.5 Å². The lowest BCUT2D eigenvalue weighted by atomic mass is 9.80. The Morgan fingerprint density at radius 1 is 1.24 bits per heavy atom. The zero-order valence-electron chi connectivity index (χ0n) is 13.6. The summed E-state index contributed by atoms with van der Waals surface area (Å²) in [5.74, 6) is -0.184. The first-order valence-corrected chi connectivity index (χ1v) is 8.74. The number of alkyl halides is 1. The van der Waals surface area contributed by atoms with E-state index >= 15 is 0 Å². The fraction of sp³-hybridized carbons (Fsp3) is 0.933. The fourth-order valence-electron chi connectivity index (χ4n) is 2.90. The summed E-state index contributed by atoms with van der Waals surface area (Å²) in [6.07, 6.45) is 2.18. The van der Waals surface area contributed by atoms with Gasteiger partial charge in [0.2, 0.25) is 0 Å². The van der Waals surface area contributed by atoms with E-state index in [9.17, 15) is 10.0 Å². The Kier molecular flexibility index (Phi) is 6.89. The summed E-state index contributed by atoms with van der Waals surface area (Å²) in [7, 11) is 0. The zero-order chi connectivity index (χ0) is 16.3. The maximum absolute atomic E-state index is 12.2. The summed E-state index contributed by atoms with van der Waals surface area (Å²) in [6, 6.07) is 0.